The number of hydrogen-bond acceptors (Lipinski definition) is 3. The molecule has 0 aliphatic carbocycles. The Kier molecular flexibility index (Phi) is 6.15. The van der Waals surface area contributed by atoms with Gasteiger partial charge >= 0.3 is 0 Å². The lowest BCUT2D eigenvalue weighted by Gasteiger charge is -2.10. The number of carbonyl (C=O) groups excluding carboxylic acids is 2. The highest BCUT2D eigenvalue weighted by atomic mass is 35.5. The van der Waals surface area contributed by atoms with Crippen molar-refractivity contribution >= 4 is 29.1 Å². The SMILES string of the molecule is COc1ccccc1NC(=O)CCNC(=O)[C@H](C)Cl. The summed E-state index contributed by atoms with van der Waals surface area (Å²) >= 11 is 5.58. The van der Waals surface area contributed by atoms with Crippen LogP contribution in [0, 0.1) is 0 Å². The predicted molar refractivity (Wildman–Crippen MR) is 74.6 cm³/mol. The van der Waals surface area contributed by atoms with Gasteiger partial charge in [0.2, 0.25) is 11.8 Å². The Morgan fingerprint density at radius 3 is 2.68 bits per heavy atom. The number of methoxy groups -OCH3 is 1. The number of hydrogen-bond donors (Lipinski definition) is 2. The van der Waals surface area contributed by atoms with Crippen LogP contribution in [0.4, 0.5) is 5.69 Å². The van der Waals surface area contributed by atoms with Crippen molar-refractivity contribution in [3.8, 4) is 5.75 Å². The Bertz CT molecular complexity index is 449. The quantitative estimate of drug-likeness (QED) is 0.782. The van der Waals surface area contributed by atoms with Crippen molar-refractivity contribution in [2.45, 2.75) is 18.7 Å². The third kappa shape index (κ3) is 5.18. The van der Waals surface area contributed by atoms with Gasteiger partial charge in [-0.1, -0.05) is 12.1 Å². The molecule has 0 spiro atoms. The Labute approximate surface area is 117 Å². The number of anilines is 1. The molecule has 0 fully saturated rings. The van der Waals surface area contributed by atoms with Crippen molar-refractivity contribution in [2.75, 3.05) is 19.0 Å². The Morgan fingerprint density at radius 2 is 2.05 bits per heavy atom. The maximum atomic E-state index is 11.7. The topological polar surface area (TPSA) is 67.4 Å². The summed E-state index contributed by atoms with van der Waals surface area (Å²) in [6.45, 7) is 1.82. The first kappa shape index (κ1) is 15.3. The zero-order chi connectivity index (χ0) is 14.3. The summed E-state index contributed by atoms with van der Waals surface area (Å²) in [7, 11) is 1.53. The van der Waals surface area contributed by atoms with Gasteiger partial charge in [-0.25, -0.2) is 0 Å². The Hall–Kier alpha value is -1.75. The molecule has 104 valence electrons. The average Bonchev–Trinajstić information content (AvgIpc) is 2.39. The van der Waals surface area contributed by atoms with Gasteiger partial charge in [-0.05, 0) is 19.1 Å². The van der Waals surface area contributed by atoms with Gasteiger partial charge in [-0.2, -0.15) is 0 Å². The predicted octanol–water partition coefficient (Wildman–Crippen LogP) is 1.77. The van der Waals surface area contributed by atoms with Gasteiger partial charge in [0.05, 0.1) is 12.8 Å². The monoisotopic (exact) mass is 284 g/mol. The van der Waals surface area contributed by atoms with Crippen molar-refractivity contribution < 1.29 is 14.3 Å². The summed E-state index contributed by atoms with van der Waals surface area (Å²) in [6.07, 6.45) is 0.174. The maximum Gasteiger partial charge on any atom is 0.237 e. The summed E-state index contributed by atoms with van der Waals surface area (Å²) in [5, 5.41) is 4.68. The van der Waals surface area contributed by atoms with Crippen LogP contribution in [0.5, 0.6) is 5.75 Å². The third-order valence-corrected chi connectivity index (χ3v) is 2.59. The fourth-order valence-corrected chi connectivity index (χ4v) is 1.48. The molecule has 0 saturated carbocycles. The van der Waals surface area contributed by atoms with Crippen molar-refractivity contribution in [3.63, 3.8) is 0 Å². The van der Waals surface area contributed by atoms with Crippen molar-refractivity contribution in [2.24, 2.45) is 0 Å². The second-order valence-corrected chi connectivity index (χ2v) is 4.56. The minimum Gasteiger partial charge on any atom is -0.495 e. The molecule has 19 heavy (non-hydrogen) atoms. The molecule has 0 aliphatic rings. The van der Waals surface area contributed by atoms with Crippen LogP contribution in [-0.2, 0) is 9.59 Å². The molecule has 0 saturated heterocycles. The molecule has 1 rings (SSSR count). The summed E-state index contributed by atoms with van der Waals surface area (Å²) in [6, 6.07) is 7.12. The third-order valence-electron chi connectivity index (χ3n) is 2.39. The zero-order valence-corrected chi connectivity index (χ0v) is 11.7. The van der Waals surface area contributed by atoms with E-state index in [4.69, 9.17) is 16.3 Å². The molecule has 0 aliphatic heterocycles. The van der Waals surface area contributed by atoms with Crippen molar-refractivity contribution in [1.29, 1.82) is 0 Å². The number of para-hydroxylation sites is 2. The number of benzene rings is 1. The molecule has 6 heteroatoms. The number of rotatable bonds is 6. The summed E-state index contributed by atoms with van der Waals surface area (Å²) in [5.41, 5.74) is 0.604. The van der Waals surface area contributed by atoms with E-state index >= 15 is 0 Å². The number of carbonyl (C=O) groups is 2. The first-order valence-corrected chi connectivity index (χ1v) is 6.33. The van der Waals surface area contributed by atoms with Crippen LogP contribution in [0.2, 0.25) is 0 Å². The molecule has 2 amide bonds. The fraction of sp³-hybridized carbons (Fsp3) is 0.385. The van der Waals surface area contributed by atoms with Crippen LogP contribution in [-0.4, -0.2) is 30.8 Å². The van der Waals surface area contributed by atoms with Crippen LogP contribution in [0.3, 0.4) is 0 Å². The van der Waals surface area contributed by atoms with Gasteiger partial charge in [0, 0.05) is 13.0 Å². The van der Waals surface area contributed by atoms with E-state index in [1.165, 1.54) is 7.11 Å². The molecular weight excluding hydrogens is 268 g/mol. The molecule has 0 unspecified atom stereocenters. The molecule has 0 bridgehead atoms. The van der Waals surface area contributed by atoms with E-state index in [1.54, 1.807) is 25.1 Å². The first-order valence-electron chi connectivity index (χ1n) is 5.89. The lowest BCUT2D eigenvalue weighted by molar-refractivity contribution is -0.120. The first-order chi connectivity index (χ1) is 9.04. The van der Waals surface area contributed by atoms with E-state index < -0.39 is 5.38 Å². The van der Waals surface area contributed by atoms with Gasteiger partial charge in [-0.15, -0.1) is 11.6 Å². The highest BCUT2D eigenvalue weighted by molar-refractivity contribution is 6.30. The summed E-state index contributed by atoms with van der Waals surface area (Å²) in [5.74, 6) is 0.105. The zero-order valence-electron chi connectivity index (χ0n) is 10.9. The van der Waals surface area contributed by atoms with Gasteiger partial charge in [-0.3, -0.25) is 9.59 Å². The molecule has 0 aromatic heterocycles. The second kappa shape index (κ2) is 7.63. The molecule has 2 N–H and O–H groups in total. The van der Waals surface area contributed by atoms with Gasteiger partial charge in [0.15, 0.2) is 0 Å². The van der Waals surface area contributed by atoms with Gasteiger partial charge in [0.25, 0.3) is 0 Å². The molecule has 1 aromatic rings. The number of amides is 2. The lowest BCUT2D eigenvalue weighted by Crippen LogP contribution is -2.32. The lowest BCUT2D eigenvalue weighted by atomic mass is 10.2. The smallest absolute Gasteiger partial charge is 0.237 e. The molecule has 1 atom stereocenters. The molecule has 5 nitrogen and oxygen atoms in total. The van der Waals surface area contributed by atoms with Crippen LogP contribution in [0.25, 0.3) is 0 Å². The van der Waals surface area contributed by atoms with Crippen LogP contribution in [0.15, 0.2) is 24.3 Å². The minimum absolute atomic E-state index is 0.174. The normalized spacial score (nSPS) is 11.5. The van der Waals surface area contributed by atoms with E-state index in [0.29, 0.717) is 11.4 Å². The van der Waals surface area contributed by atoms with E-state index in [-0.39, 0.29) is 24.8 Å². The average molecular weight is 285 g/mol. The number of alkyl halides is 1. The Morgan fingerprint density at radius 1 is 1.37 bits per heavy atom. The fourth-order valence-electron chi connectivity index (χ4n) is 1.40. The van der Waals surface area contributed by atoms with E-state index in [0.717, 1.165) is 0 Å². The molecule has 0 radical (unpaired) electrons. The van der Waals surface area contributed by atoms with Crippen LogP contribution in [0.1, 0.15) is 13.3 Å². The Balaban J connectivity index is 2.41. The van der Waals surface area contributed by atoms with Crippen LogP contribution >= 0.6 is 11.6 Å². The maximum absolute atomic E-state index is 11.7. The van der Waals surface area contributed by atoms with E-state index in [9.17, 15) is 9.59 Å². The van der Waals surface area contributed by atoms with Gasteiger partial charge < -0.3 is 15.4 Å². The summed E-state index contributed by atoms with van der Waals surface area (Å²) in [4.78, 5) is 22.9. The standard InChI is InChI=1S/C13H17ClN2O3/c1-9(14)13(18)15-8-7-12(17)16-10-5-3-4-6-11(10)19-2/h3-6,9H,7-8H2,1-2H3,(H,15,18)(H,16,17)/t9-/m0/s1. The largest absolute Gasteiger partial charge is 0.495 e. The number of halogens is 1. The van der Waals surface area contributed by atoms with Gasteiger partial charge in [0.1, 0.15) is 11.1 Å². The van der Waals surface area contributed by atoms with E-state index in [2.05, 4.69) is 10.6 Å². The highest BCUT2D eigenvalue weighted by Gasteiger charge is 2.10. The highest BCUT2D eigenvalue weighted by Crippen LogP contribution is 2.22. The summed E-state index contributed by atoms with van der Waals surface area (Å²) < 4.78 is 5.12. The number of ether oxygens (including phenoxy) is 1. The van der Waals surface area contributed by atoms with Crippen molar-refractivity contribution in [3.05, 3.63) is 24.3 Å². The molecular formula is C13H17ClN2O3. The van der Waals surface area contributed by atoms with Crippen molar-refractivity contribution in [1.82, 2.24) is 5.32 Å². The number of nitrogens with one attached hydrogen (secondary N) is 2. The van der Waals surface area contributed by atoms with Crippen LogP contribution < -0.4 is 15.4 Å². The minimum atomic E-state index is -0.600. The van der Waals surface area contributed by atoms with E-state index in [1.807, 2.05) is 6.07 Å². The molecule has 0 heterocycles. The molecule has 1 aromatic carbocycles. The second-order valence-electron chi connectivity index (χ2n) is 3.91.